The molecule has 0 spiro atoms. The molecule has 5 nitrogen and oxygen atoms in total. The number of para-hydroxylation sites is 1. The Labute approximate surface area is 150 Å². The first-order valence-electron chi connectivity index (χ1n) is 7.34. The molecule has 118 valence electrons. The first-order valence-corrected chi connectivity index (χ1v) is 8.41. The highest BCUT2D eigenvalue weighted by Gasteiger charge is 2.19. The molecule has 0 aliphatic carbocycles. The van der Waals surface area contributed by atoms with Gasteiger partial charge in [-0.3, -0.25) is 13.9 Å². The minimum absolute atomic E-state index is 0.338. The summed E-state index contributed by atoms with van der Waals surface area (Å²) >= 11 is 2.24. The van der Waals surface area contributed by atoms with Gasteiger partial charge in [-0.1, -0.05) is 18.2 Å². The van der Waals surface area contributed by atoms with E-state index in [1.165, 1.54) is 7.05 Å². The molecule has 2 aliphatic rings. The van der Waals surface area contributed by atoms with Crippen LogP contribution in [0.25, 0.3) is 28.0 Å². The van der Waals surface area contributed by atoms with Crippen LogP contribution in [0.1, 0.15) is 0 Å². The number of halogens is 1. The molecule has 2 heterocycles. The van der Waals surface area contributed by atoms with Gasteiger partial charge in [0.05, 0.1) is 11.1 Å². The molecule has 0 radical (unpaired) electrons. The smallest absolute Gasteiger partial charge is 0.294 e. The highest BCUT2D eigenvalue weighted by atomic mass is 127. The fourth-order valence-electron chi connectivity index (χ4n) is 2.82. The zero-order chi connectivity index (χ0) is 16.8. The second-order valence-corrected chi connectivity index (χ2v) is 6.76. The lowest BCUT2D eigenvalue weighted by molar-refractivity contribution is 0.766. The van der Waals surface area contributed by atoms with E-state index in [1.54, 1.807) is 6.07 Å². The van der Waals surface area contributed by atoms with E-state index < -0.39 is 5.69 Å². The lowest BCUT2D eigenvalue weighted by Crippen LogP contribution is -2.35. The zero-order valence-electron chi connectivity index (χ0n) is 12.7. The Balaban J connectivity index is 2.25. The number of aromatic nitrogens is 3. The topological polar surface area (TPSA) is 56.9 Å². The molecule has 2 aromatic rings. The van der Waals surface area contributed by atoms with E-state index in [-0.39, 0.29) is 5.56 Å². The molecular weight excluding hydrogens is 417 g/mol. The van der Waals surface area contributed by atoms with Gasteiger partial charge < -0.3 is 0 Å². The molecule has 6 heteroatoms. The van der Waals surface area contributed by atoms with Crippen molar-refractivity contribution in [2.75, 3.05) is 0 Å². The Bertz CT molecular complexity index is 1160. The van der Waals surface area contributed by atoms with E-state index in [9.17, 15) is 9.59 Å². The summed E-state index contributed by atoms with van der Waals surface area (Å²) in [6.45, 7) is 0. The van der Waals surface area contributed by atoms with Gasteiger partial charge in [0.1, 0.15) is 0 Å². The summed E-state index contributed by atoms with van der Waals surface area (Å²) in [5.74, 6) is 0.378. The first kappa shape index (κ1) is 15.1. The molecule has 0 saturated carbocycles. The van der Waals surface area contributed by atoms with Gasteiger partial charge in [0, 0.05) is 16.3 Å². The van der Waals surface area contributed by atoms with Gasteiger partial charge >= 0.3 is 5.69 Å². The normalized spacial score (nSPS) is 11.2. The van der Waals surface area contributed by atoms with Crippen molar-refractivity contribution < 1.29 is 0 Å². The number of rotatable bonds is 1. The quantitative estimate of drug-likeness (QED) is 0.346. The third-order valence-electron chi connectivity index (χ3n) is 4.04. The molecule has 4 rings (SSSR count). The first-order chi connectivity index (χ1) is 11.6. The number of hydrogen-bond acceptors (Lipinski definition) is 3. The van der Waals surface area contributed by atoms with Crippen molar-refractivity contribution in [2.24, 2.45) is 7.05 Å². The van der Waals surface area contributed by atoms with E-state index >= 15 is 0 Å². The van der Waals surface area contributed by atoms with Gasteiger partial charge in [0.25, 0.3) is 5.56 Å². The summed E-state index contributed by atoms with van der Waals surface area (Å²) < 4.78 is 4.01. The third kappa shape index (κ3) is 2.25. The van der Waals surface area contributed by atoms with E-state index in [0.717, 1.165) is 24.7 Å². The van der Waals surface area contributed by atoms with Gasteiger partial charge in [0.15, 0.2) is 5.82 Å². The molecule has 0 amide bonds. The van der Waals surface area contributed by atoms with Crippen LogP contribution < -0.4 is 11.2 Å². The highest BCUT2D eigenvalue weighted by Crippen LogP contribution is 2.27. The average Bonchev–Trinajstić information content (AvgIpc) is 2.59. The standard InChI is InChI=1S/C18H12IN3O2/c1-21-17(23)14-10-11-4-2-3-5-15(11)22(16(14)20-18(21)24)13-8-6-12(19)7-9-13/h2-10H,1H3. The zero-order valence-corrected chi connectivity index (χ0v) is 14.9. The molecule has 0 fully saturated rings. The van der Waals surface area contributed by atoms with E-state index in [2.05, 4.69) is 27.6 Å². The van der Waals surface area contributed by atoms with Crippen LogP contribution in [-0.2, 0) is 7.05 Å². The van der Waals surface area contributed by atoms with Crippen molar-refractivity contribution in [1.29, 1.82) is 0 Å². The maximum atomic E-state index is 12.5. The van der Waals surface area contributed by atoms with Crippen molar-refractivity contribution >= 4 is 33.5 Å². The van der Waals surface area contributed by atoms with Crippen LogP contribution in [0.2, 0.25) is 0 Å². The summed E-state index contributed by atoms with van der Waals surface area (Å²) in [5.41, 5.74) is 1.29. The van der Waals surface area contributed by atoms with Gasteiger partial charge in [-0.25, -0.2) is 4.79 Å². The maximum Gasteiger partial charge on any atom is 0.352 e. The van der Waals surface area contributed by atoms with Crippen molar-refractivity contribution in [1.82, 2.24) is 14.1 Å². The Hall–Kier alpha value is -2.48. The summed E-state index contributed by atoms with van der Waals surface area (Å²) in [4.78, 5) is 28.8. The van der Waals surface area contributed by atoms with Gasteiger partial charge in [-0.05, 0) is 64.4 Å². The molecule has 2 aliphatic heterocycles. The van der Waals surface area contributed by atoms with Crippen molar-refractivity contribution in [3.05, 3.63) is 79.0 Å². The maximum absolute atomic E-state index is 12.5. The molecule has 24 heavy (non-hydrogen) atoms. The van der Waals surface area contributed by atoms with Gasteiger partial charge in [0.2, 0.25) is 0 Å². The van der Waals surface area contributed by atoms with E-state index in [4.69, 9.17) is 0 Å². The molecule has 2 aromatic carbocycles. The second-order valence-electron chi connectivity index (χ2n) is 5.51. The Morgan fingerprint density at radius 3 is 2.46 bits per heavy atom. The van der Waals surface area contributed by atoms with Gasteiger partial charge in [-0.15, -0.1) is 0 Å². The Kier molecular flexibility index (Phi) is 3.49. The number of benzene rings is 2. The van der Waals surface area contributed by atoms with Crippen LogP contribution in [0.5, 0.6) is 0 Å². The Morgan fingerprint density at radius 1 is 1.00 bits per heavy atom. The third-order valence-corrected chi connectivity index (χ3v) is 4.76. The van der Waals surface area contributed by atoms with Crippen LogP contribution in [0.4, 0.5) is 0 Å². The predicted molar refractivity (Wildman–Crippen MR) is 102 cm³/mol. The minimum atomic E-state index is -0.554. The average molecular weight is 429 g/mol. The largest absolute Gasteiger partial charge is 0.352 e. The predicted octanol–water partition coefficient (Wildman–Crippen LogP) is 2.79. The van der Waals surface area contributed by atoms with Crippen LogP contribution in [0.15, 0.2) is 64.2 Å². The van der Waals surface area contributed by atoms with Gasteiger partial charge in [-0.2, -0.15) is 4.98 Å². The summed E-state index contributed by atoms with van der Waals surface area (Å²) in [6, 6.07) is 17.4. The van der Waals surface area contributed by atoms with Crippen LogP contribution >= 0.6 is 22.6 Å². The molecule has 0 unspecified atom stereocenters. The van der Waals surface area contributed by atoms with Crippen molar-refractivity contribution in [3.8, 4) is 17.1 Å². The molecule has 0 saturated heterocycles. The molecule has 0 atom stereocenters. The Morgan fingerprint density at radius 2 is 1.71 bits per heavy atom. The molecular formula is C18H12IN3O2. The fourth-order valence-corrected chi connectivity index (χ4v) is 3.18. The summed E-state index contributed by atoms with van der Waals surface area (Å²) in [6.07, 6.45) is 0. The second kappa shape index (κ2) is 5.55. The van der Waals surface area contributed by atoms with Crippen molar-refractivity contribution in [2.45, 2.75) is 0 Å². The lowest BCUT2D eigenvalue weighted by atomic mass is 10.1. The van der Waals surface area contributed by atoms with Crippen molar-refractivity contribution in [3.63, 3.8) is 0 Å². The van der Waals surface area contributed by atoms with Crippen LogP contribution in [0, 0.1) is 3.57 Å². The summed E-state index contributed by atoms with van der Waals surface area (Å²) in [7, 11) is 1.45. The number of nitrogens with zero attached hydrogens (tertiary/aromatic N) is 3. The van der Waals surface area contributed by atoms with E-state index in [0.29, 0.717) is 11.4 Å². The highest BCUT2D eigenvalue weighted by molar-refractivity contribution is 14.1. The monoisotopic (exact) mass is 429 g/mol. The van der Waals surface area contributed by atoms with Crippen LogP contribution in [0.3, 0.4) is 0 Å². The fraction of sp³-hybridized carbons (Fsp3) is 0.0556. The number of hydrogen-bond donors (Lipinski definition) is 0. The number of pyridine rings is 1. The SMILES string of the molecule is Cn1c(=O)nc2n(-c3ccc(I)cc3)c3ccccc3cc-2c1=O. The number of fused-ring (bicyclic) bond motifs is 2. The minimum Gasteiger partial charge on any atom is -0.294 e. The lowest BCUT2D eigenvalue weighted by Gasteiger charge is -2.18. The molecule has 0 aromatic heterocycles. The van der Waals surface area contributed by atoms with E-state index in [1.807, 2.05) is 53.1 Å². The van der Waals surface area contributed by atoms with Crippen LogP contribution in [-0.4, -0.2) is 14.1 Å². The summed E-state index contributed by atoms with van der Waals surface area (Å²) in [5, 5.41) is 0.918. The molecule has 0 N–H and O–H groups in total. The molecule has 0 bridgehead atoms.